The average Bonchev–Trinajstić information content (AvgIpc) is 2.42. The first kappa shape index (κ1) is 15.8. The van der Waals surface area contributed by atoms with E-state index in [1.165, 1.54) is 32.1 Å². The molecule has 116 valence electrons. The second-order valence-corrected chi connectivity index (χ2v) is 6.52. The molecule has 0 unspecified atom stereocenters. The first-order valence-corrected chi connectivity index (χ1v) is 7.99. The van der Waals surface area contributed by atoms with Crippen molar-refractivity contribution in [3.05, 3.63) is 33.7 Å². The van der Waals surface area contributed by atoms with Crippen molar-refractivity contribution in [3.63, 3.8) is 0 Å². The lowest BCUT2D eigenvalue weighted by Gasteiger charge is -2.23. The smallest absolute Gasteiger partial charge is 0.263 e. The van der Waals surface area contributed by atoms with Crippen LogP contribution < -0.4 is 10.9 Å². The maximum atomic E-state index is 12.5. The quantitative estimate of drug-likeness (QED) is 0.927. The Morgan fingerprint density at radius 3 is 2.62 bits per heavy atom. The van der Waals surface area contributed by atoms with E-state index in [1.54, 1.807) is 10.6 Å². The topological polar surface area (TPSA) is 51.1 Å². The lowest BCUT2D eigenvalue weighted by molar-refractivity contribution is 0.0940. The van der Waals surface area contributed by atoms with E-state index < -0.39 is 0 Å². The molecule has 0 bridgehead atoms. The number of rotatable bonds is 4. The number of hydrogen-bond donors (Lipinski definition) is 1. The van der Waals surface area contributed by atoms with Crippen LogP contribution in [0, 0.1) is 12.8 Å². The van der Waals surface area contributed by atoms with Crippen LogP contribution in [-0.2, 0) is 6.54 Å². The Hall–Kier alpha value is -1.58. The fourth-order valence-corrected chi connectivity index (χ4v) is 3.07. The second kappa shape index (κ2) is 6.92. The van der Waals surface area contributed by atoms with E-state index in [4.69, 9.17) is 0 Å². The predicted molar refractivity (Wildman–Crippen MR) is 84.6 cm³/mol. The summed E-state index contributed by atoms with van der Waals surface area (Å²) in [4.78, 5) is 24.7. The van der Waals surface area contributed by atoms with Gasteiger partial charge in [0.25, 0.3) is 11.5 Å². The highest BCUT2D eigenvalue weighted by Gasteiger charge is 2.18. The van der Waals surface area contributed by atoms with E-state index in [0.29, 0.717) is 5.92 Å². The van der Waals surface area contributed by atoms with Gasteiger partial charge in [-0.25, -0.2) is 0 Å². The van der Waals surface area contributed by atoms with Crippen molar-refractivity contribution < 1.29 is 4.79 Å². The van der Waals surface area contributed by atoms with Gasteiger partial charge in [0.15, 0.2) is 0 Å². The van der Waals surface area contributed by atoms with E-state index in [0.717, 1.165) is 12.1 Å². The van der Waals surface area contributed by atoms with Crippen molar-refractivity contribution in [2.24, 2.45) is 5.92 Å². The van der Waals surface area contributed by atoms with Crippen molar-refractivity contribution in [2.75, 3.05) is 0 Å². The molecule has 1 aliphatic rings. The number of pyridine rings is 1. The van der Waals surface area contributed by atoms with Crippen molar-refractivity contribution in [1.82, 2.24) is 9.88 Å². The molecular formula is C17H26N2O2. The molecule has 4 heteroatoms. The van der Waals surface area contributed by atoms with Gasteiger partial charge < -0.3 is 9.88 Å². The highest BCUT2D eigenvalue weighted by molar-refractivity contribution is 5.94. The summed E-state index contributed by atoms with van der Waals surface area (Å²) in [6.45, 7) is 6.47. The minimum atomic E-state index is -0.268. The van der Waals surface area contributed by atoms with Crippen molar-refractivity contribution >= 4 is 5.91 Å². The largest absolute Gasteiger partial charge is 0.350 e. The van der Waals surface area contributed by atoms with E-state index in [9.17, 15) is 9.59 Å². The molecule has 1 heterocycles. The third-order valence-corrected chi connectivity index (χ3v) is 4.07. The maximum absolute atomic E-state index is 12.5. The van der Waals surface area contributed by atoms with Crippen LogP contribution in [0.2, 0.25) is 0 Å². The summed E-state index contributed by atoms with van der Waals surface area (Å²) in [5.74, 6) is 0.301. The molecule has 2 rings (SSSR count). The molecule has 4 nitrogen and oxygen atoms in total. The highest BCUT2D eigenvalue weighted by atomic mass is 16.2. The average molecular weight is 290 g/mol. The first-order chi connectivity index (χ1) is 9.97. The van der Waals surface area contributed by atoms with Gasteiger partial charge in [0.05, 0.1) is 0 Å². The molecular weight excluding hydrogens is 264 g/mol. The molecule has 1 aromatic heterocycles. The summed E-state index contributed by atoms with van der Waals surface area (Å²) in [5.41, 5.74) is 1.06. The molecule has 1 aliphatic carbocycles. The van der Waals surface area contributed by atoms with Crippen LogP contribution in [0.15, 0.2) is 17.1 Å². The van der Waals surface area contributed by atoms with Gasteiger partial charge in [-0.15, -0.1) is 0 Å². The Balaban J connectivity index is 2.23. The van der Waals surface area contributed by atoms with Gasteiger partial charge in [-0.2, -0.15) is 0 Å². The lowest BCUT2D eigenvalue weighted by atomic mass is 9.89. The van der Waals surface area contributed by atoms with Crippen molar-refractivity contribution in [3.8, 4) is 0 Å². The normalized spacial score (nSPS) is 16.2. The zero-order valence-electron chi connectivity index (χ0n) is 13.3. The van der Waals surface area contributed by atoms with E-state index in [1.807, 2.05) is 27.0 Å². The standard InChI is InChI=1S/C17H26N2O2/c1-12(2)18-16(20)15-9-13(3)10-19(17(15)21)11-14-7-5-4-6-8-14/h9-10,12,14H,4-8,11H2,1-3H3,(H,18,20). The fraction of sp³-hybridized carbons (Fsp3) is 0.647. The molecule has 0 aliphatic heterocycles. The van der Waals surface area contributed by atoms with Crippen molar-refractivity contribution in [1.29, 1.82) is 0 Å². The van der Waals surface area contributed by atoms with Crippen molar-refractivity contribution in [2.45, 2.75) is 65.5 Å². The van der Waals surface area contributed by atoms with Gasteiger partial charge in [0.2, 0.25) is 0 Å². The molecule has 0 atom stereocenters. The Kier molecular flexibility index (Phi) is 5.21. The summed E-state index contributed by atoms with van der Waals surface area (Å²) >= 11 is 0. The zero-order chi connectivity index (χ0) is 15.4. The Labute approximate surface area is 126 Å². The number of aryl methyl sites for hydroxylation is 1. The minimum Gasteiger partial charge on any atom is -0.350 e. The van der Waals surface area contributed by atoms with Gasteiger partial charge in [-0.3, -0.25) is 9.59 Å². The maximum Gasteiger partial charge on any atom is 0.263 e. The minimum absolute atomic E-state index is 0.0317. The van der Waals surface area contributed by atoms with Gasteiger partial charge in [-0.1, -0.05) is 19.3 Å². The molecule has 1 N–H and O–H groups in total. The number of carbonyl (C=O) groups excluding carboxylic acids is 1. The van der Waals surface area contributed by atoms with Crippen LogP contribution in [0.4, 0.5) is 0 Å². The molecule has 0 radical (unpaired) electrons. The third kappa shape index (κ3) is 4.19. The molecule has 0 aromatic carbocycles. The fourth-order valence-electron chi connectivity index (χ4n) is 3.07. The Morgan fingerprint density at radius 1 is 1.33 bits per heavy atom. The first-order valence-electron chi connectivity index (χ1n) is 7.99. The van der Waals surface area contributed by atoms with Crippen LogP contribution in [0.1, 0.15) is 61.9 Å². The van der Waals surface area contributed by atoms with E-state index >= 15 is 0 Å². The molecule has 0 saturated heterocycles. The molecule has 1 amide bonds. The number of nitrogens with zero attached hydrogens (tertiary/aromatic N) is 1. The van der Waals surface area contributed by atoms with Gasteiger partial charge in [-0.05, 0) is 51.2 Å². The molecule has 21 heavy (non-hydrogen) atoms. The number of hydrogen-bond acceptors (Lipinski definition) is 2. The molecule has 1 saturated carbocycles. The number of aromatic nitrogens is 1. The summed E-state index contributed by atoms with van der Waals surface area (Å²) in [6, 6.07) is 1.72. The van der Waals surface area contributed by atoms with Gasteiger partial charge in [0, 0.05) is 18.8 Å². The Morgan fingerprint density at radius 2 is 2.00 bits per heavy atom. The van der Waals surface area contributed by atoms with Crippen LogP contribution in [0.5, 0.6) is 0 Å². The zero-order valence-corrected chi connectivity index (χ0v) is 13.3. The SMILES string of the molecule is Cc1cc(C(=O)NC(C)C)c(=O)n(CC2CCCCC2)c1. The number of nitrogens with one attached hydrogen (secondary N) is 1. The van der Waals surface area contributed by atoms with Crippen LogP contribution >= 0.6 is 0 Å². The highest BCUT2D eigenvalue weighted by Crippen LogP contribution is 2.24. The van der Waals surface area contributed by atoms with Gasteiger partial charge in [0.1, 0.15) is 5.56 Å². The van der Waals surface area contributed by atoms with E-state index in [2.05, 4.69) is 5.32 Å². The monoisotopic (exact) mass is 290 g/mol. The third-order valence-electron chi connectivity index (χ3n) is 4.07. The summed E-state index contributed by atoms with van der Waals surface area (Å²) in [6.07, 6.45) is 8.07. The second-order valence-electron chi connectivity index (χ2n) is 6.52. The van der Waals surface area contributed by atoms with Gasteiger partial charge >= 0.3 is 0 Å². The van der Waals surface area contributed by atoms with Crippen LogP contribution in [0.3, 0.4) is 0 Å². The summed E-state index contributed by atoms with van der Waals surface area (Å²) in [7, 11) is 0. The summed E-state index contributed by atoms with van der Waals surface area (Å²) in [5, 5.41) is 2.81. The Bertz CT molecular complexity index is 554. The molecule has 1 aromatic rings. The van der Waals surface area contributed by atoms with Crippen LogP contribution in [-0.4, -0.2) is 16.5 Å². The van der Waals surface area contributed by atoms with E-state index in [-0.39, 0.29) is 23.1 Å². The summed E-state index contributed by atoms with van der Waals surface area (Å²) < 4.78 is 1.74. The predicted octanol–water partition coefficient (Wildman–Crippen LogP) is 2.88. The number of amides is 1. The molecule has 1 fully saturated rings. The number of carbonyl (C=O) groups is 1. The molecule has 0 spiro atoms. The lowest BCUT2D eigenvalue weighted by Crippen LogP contribution is -2.37. The van der Waals surface area contributed by atoms with Crippen LogP contribution in [0.25, 0.3) is 0 Å².